The SMILES string of the molecule is Cc1ccc(N=Nc2ccc(O)c(C=Nc3ccc(C(=O)O)cc3)c2)cc1. The quantitative estimate of drug-likeness (QED) is 0.461. The minimum Gasteiger partial charge on any atom is -0.507 e. The number of aromatic carboxylic acids is 1. The molecule has 0 radical (unpaired) electrons. The number of phenolic OH excluding ortho intramolecular Hbond substituents is 1. The van der Waals surface area contributed by atoms with Crippen LogP contribution in [0.2, 0.25) is 0 Å². The van der Waals surface area contributed by atoms with Gasteiger partial charge in [0.2, 0.25) is 0 Å². The molecule has 0 aliphatic carbocycles. The van der Waals surface area contributed by atoms with Gasteiger partial charge in [0.25, 0.3) is 0 Å². The van der Waals surface area contributed by atoms with Crippen LogP contribution in [0.25, 0.3) is 0 Å². The normalized spacial score (nSPS) is 11.3. The third-order valence-corrected chi connectivity index (χ3v) is 3.79. The van der Waals surface area contributed by atoms with Crippen LogP contribution < -0.4 is 0 Å². The smallest absolute Gasteiger partial charge is 0.335 e. The van der Waals surface area contributed by atoms with Gasteiger partial charge in [0.05, 0.1) is 22.6 Å². The monoisotopic (exact) mass is 359 g/mol. The number of carboxylic acid groups (broad SMARTS) is 1. The number of rotatable bonds is 5. The lowest BCUT2D eigenvalue weighted by Crippen LogP contribution is -1.94. The molecule has 3 rings (SSSR count). The van der Waals surface area contributed by atoms with Crippen LogP contribution in [0.4, 0.5) is 17.1 Å². The molecule has 3 aromatic rings. The second-order valence-corrected chi connectivity index (χ2v) is 5.89. The molecule has 6 heteroatoms. The van der Waals surface area contributed by atoms with Gasteiger partial charge in [0, 0.05) is 11.8 Å². The van der Waals surface area contributed by atoms with Crippen molar-refractivity contribution >= 4 is 29.2 Å². The molecule has 0 amide bonds. The van der Waals surface area contributed by atoms with Crippen molar-refractivity contribution in [2.24, 2.45) is 15.2 Å². The zero-order chi connectivity index (χ0) is 19.2. The Labute approximate surface area is 156 Å². The van der Waals surface area contributed by atoms with Crippen LogP contribution in [-0.4, -0.2) is 22.4 Å². The van der Waals surface area contributed by atoms with Crippen molar-refractivity contribution in [3.8, 4) is 5.75 Å². The highest BCUT2D eigenvalue weighted by Crippen LogP contribution is 2.25. The van der Waals surface area contributed by atoms with Crippen molar-refractivity contribution in [3.63, 3.8) is 0 Å². The van der Waals surface area contributed by atoms with Crippen LogP contribution >= 0.6 is 0 Å². The first-order chi connectivity index (χ1) is 13.0. The highest BCUT2D eigenvalue weighted by Gasteiger charge is 2.02. The maximum atomic E-state index is 10.9. The van der Waals surface area contributed by atoms with E-state index in [0.717, 1.165) is 11.3 Å². The summed E-state index contributed by atoms with van der Waals surface area (Å²) >= 11 is 0. The van der Waals surface area contributed by atoms with E-state index in [-0.39, 0.29) is 11.3 Å². The molecular weight excluding hydrogens is 342 g/mol. The number of aliphatic imine (C=N–C) groups is 1. The highest BCUT2D eigenvalue weighted by atomic mass is 16.4. The zero-order valence-electron chi connectivity index (χ0n) is 14.6. The van der Waals surface area contributed by atoms with Gasteiger partial charge in [-0.15, -0.1) is 0 Å². The van der Waals surface area contributed by atoms with Gasteiger partial charge in [0.1, 0.15) is 5.75 Å². The number of phenols is 1. The zero-order valence-corrected chi connectivity index (χ0v) is 14.6. The number of nitrogens with zero attached hydrogens (tertiary/aromatic N) is 3. The number of aromatic hydroxyl groups is 1. The molecule has 0 aliphatic rings. The van der Waals surface area contributed by atoms with E-state index in [4.69, 9.17) is 5.11 Å². The first-order valence-corrected chi connectivity index (χ1v) is 8.20. The van der Waals surface area contributed by atoms with Crippen LogP contribution in [-0.2, 0) is 0 Å². The van der Waals surface area contributed by atoms with E-state index in [1.165, 1.54) is 24.4 Å². The predicted molar refractivity (Wildman–Crippen MR) is 104 cm³/mol. The molecule has 0 heterocycles. The Bertz CT molecular complexity index is 1010. The Morgan fingerprint density at radius 2 is 1.44 bits per heavy atom. The summed E-state index contributed by atoms with van der Waals surface area (Å²) in [6.45, 7) is 2.00. The molecule has 0 saturated heterocycles. The molecule has 0 aromatic heterocycles. The van der Waals surface area contributed by atoms with Crippen LogP contribution in [0.5, 0.6) is 5.75 Å². The average molecular weight is 359 g/mol. The van der Waals surface area contributed by atoms with Crippen LogP contribution in [0.1, 0.15) is 21.5 Å². The van der Waals surface area contributed by atoms with Gasteiger partial charge in [-0.1, -0.05) is 17.7 Å². The summed E-state index contributed by atoms with van der Waals surface area (Å²) in [5.74, 6) is -0.926. The number of carboxylic acids is 1. The molecule has 0 aliphatic heterocycles. The number of hydrogen-bond donors (Lipinski definition) is 2. The molecule has 2 N–H and O–H groups in total. The standard InChI is InChI=1S/C21H17N3O3/c1-14-2-6-18(7-3-14)23-24-19-10-11-20(25)16(12-19)13-22-17-8-4-15(5-9-17)21(26)27/h2-13,25H,1H3,(H,26,27). The van der Waals surface area contributed by atoms with E-state index in [1.807, 2.05) is 31.2 Å². The van der Waals surface area contributed by atoms with E-state index in [0.29, 0.717) is 16.9 Å². The Hall–Kier alpha value is -3.80. The van der Waals surface area contributed by atoms with E-state index in [1.54, 1.807) is 24.3 Å². The maximum Gasteiger partial charge on any atom is 0.335 e. The third kappa shape index (κ3) is 4.85. The van der Waals surface area contributed by atoms with Crippen LogP contribution in [0.15, 0.2) is 82.0 Å². The van der Waals surface area contributed by atoms with Crippen molar-refractivity contribution < 1.29 is 15.0 Å². The van der Waals surface area contributed by atoms with Gasteiger partial charge in [0.15, 0.2) is 0 Å². The predicted octanol–water partition coefficient (Wildman–Crippen LogP) is 5.56. The number of hydrogen-bond acceptors (Lipinski definition) is 5. The van der Waals surface area contributed by atoms with E-state index < -0.39 is 5.97 Å². The Balaban J connectivity index is 1.78. The average Bonchev–Trinajstić information content (AvgIpc) is 2.68. The lowest BCUT2D eigenvalue weighted by molar-refractivity contribution is 0.0697. The fourth-order valence-corrected chi connectivity index (χ4v) is 2.27. The lowest BCUT2D eigenvalue weighted by atomic mass is 10.2. The summed E-state index contributed by atoms with van der Waals surface area (Å²) in [5.41, 5.74) is 3.71. The van der Waals surface area contributed by atoms with Gasteiger partial charge in [-0.25, -0.2) is 4.79 Å². The summed E-state index contributed by atoms with van der Waals surface area (Å²) in [4.78, 5) is 15.1. The van der Waals surface area contributed by atoms with Gasteiger partial charge in [-0.3, -0.25) is 4.99 Å². The first-order valence-electron chi connectivity index (χ1n) is 8.20. The minimum absolute atomic E-state index is 0.0650. The molecule has 0 spiro atoms. The van der Waals surface area contributed by atoms with Crippen molar-refractivity contribution in [3.05, 3.63) is 83.4 Å². The second kappa shape index (κ2) is 8.05. The summed E-state index contributed by atoms with van der Waals surface area (Å²) < 4.78 is 0. The van der Waals surface area contributed by atoms with Gasteiger partial charge >= 0.3 is 5.97 Å². The molecule has 134 valence electrons. The van der Waals surface area contributed by atoms with Gasteiger partial charge < -0.3 is 10.2 Å². The number of carbonyl (C=O) groups is 1. The highest BCUT2D eigenvalue weighted by molar-refractivity contribution is 5.89. The Kier molecular flexibility index (Phi) is 5.37. The maximum absolute atomic E-state index is 10.9. The number of benzene rings is 3. The lowest BCUT2D eigenvalue weighted by Gasteiger charge is -2.01. The van der Waals surface area contributed by atoms with Crippen molar-refractivity contribution in [2.75, 3.05) is 0 Å². The summed E-state index contributed by atoms with van der Waals surface area (Å²) in [7, 11) is 0. The molecule has 3 aromatic carbocycles. The van der Waals surface area contributed by atoms with Crippen molar-refractivity contribution in [2.45, 2.75) is 6.92 Å². The number of aryl methyl sites for hydroxylation is 1. The Morgan fingerprint density at radius 1 is 0.852 bits per heavy atom. The summed E-state index contributed by atoms with van der Waals surface area (Å²) in [5, 5.41) is 27.3. The fourth-order valence-electron chi connectivity index (χ4n) is 2.27. The molecule has 0 unspecified atom stereocenters. The van der Waals surface area contributed by atoms with E-state index >= 15 is 0 Å². The van der Waals surface area contributed by atoms with Crippen molar-refractivity contribution in [1.82, 2.24) is 0 Å². The van der Waals surface area contributed by atoms with Crippen molar-refractivity contribution in [1.29, 1.82) is 0 Å². The van der Waals surface area contributed by atoms with Gasteiger partial charge in [-0.05, 0) is 61.5 Å². The molecular formula is C21H17N3O3. The molecule has 6 nitrogen and oxygen atoms in total. The largest absolute Gasteiger partial charge is 0.507 e. The molecule has 27 heavy (non-hydrogen) atoms. The molecule has 0 fully saturated rings. The molecule has 0 atom stereocenters. The van der Waals surface area contributed by atoms with E-state index in [9.17, 15) is 9.90 Å². The number of azo groups is 1. The summed E-state index contributed by atoms with van der Waals surface area (Å²) in [6.07, 6.45) is 1.50. The fraction of sp³-hybridized carbons (Fsp3) is 0.0476. The minimum atomic E-state index is -0.991. The molecule has 0 saturated carbocycles. The first kappa shape index (κ1) is 18.0. The third-order valence-electron chi connectivity index (χ3n) is 3.79. The van der Waals surface area contributed by atoms with Crippen LogP contribution in [0.3, 0.4) is 0 Å². The van der Waals surface area contributed by atoms with E-state index in [2.05, 4.69) is 15.2 Å². The Morgan fingerprint density at radius 3 is 2.11 bits per heavy atom. The van der Waals surface area contributed by atoms with Gasteiger partial charge in [-0.2, -0.15) is 10.2 Å². The van der Waals surface area contributed by atoms with Crippen LogP contribution in [0, 0.1) is 6.92 Å². The second-order valence-electron chi connectivity index (χ2n) is 5.89. The summed E-state index contributed by atoms with van der Waals surface area (Å²) in [6, 6.07) is 18.7. The topological polar surface area (TPSA) is 94.6 Å². The molecule has 0 bridgehead atoms.